The zero-order valence-corrected chi connectivity index (χ0v) is 11.3. The Morgan fingerprint density at radius 1 is 0.938 bits per heavy atom. The van der Waals surface area contributed by atoms with Crippen molar-refractivity contribution in [1.29, 1.82) is 0 Å². The van der Waals surface area contributed by atoms with Crippen LogP contribution in [0.4, 0.5) is 0 Å². The van der Waals surface area contributed by atoms with Gasteiger partial charge in [0.05, 0.1) is 0 Å². The highest BCUT2D eigenvalue weighted by atomic mass is 15.4. The molecule has 0 aliphatic carbocycles. The Morgan fingerprint density at radius 3 is 2.31 bits per heavy atom. The molecule has 16 heavy (non-hydrogen) atoms. The van der Waals surface area contributed by atoms with Crippen LogP contribution >= 0.6 is 0 Å². The first kappa shape index (κ1) is 13.4. The number of nitrogens with zero attached hydrogens (tertiary/aromatic N) is 2. The molecule has 0 spiro atoms. The van der Waals surface area contributed by atoms with Gasteiger partial charge in [0.15, 0.2) is 0 Å². The molecule has 0 bridgehead atoms. The van der Waals surface area contributed by atoms with E-state index in [0.717, 1.165) is 0 Å². The lowest BCUT2D eigenvalue weighted by atomic mass is 10.1. The standard InChI is InChI=1S/C14H28N2/c1-4-6-7-8-9-10-11-16-13-12-15(3)14(16)5-2/h12-14H,4-11H2,1-3H3. The second-order valence-corrected chi connectivity index (χ2v) is 4.86. The van der Waals surface area contributed by atoms with Crippen LogP contribution in [0.2, 0.25) is 0 Å². The highest BCUT2D eigenvalue weighted by molar-refractivity contribution is 4.94. The summed E-state index contributed by atoms with van der Waals surface area (Å²) >= 11 is 0. The summed E-state index contributed by atoms with van der Waals surface area (Å²) in [4.78, 5) is 4.80. The minimum Gasteiger partial charge on any atom is -0.359 e. The Balaban J connectivity index is 2.06. The van der Waals surface area contributed by atoms with Gasteiger partial charge < -0.3 is 9.80 Å². The number of hydrogen-bond acceptors (Lipinski definition) is 2. The molecule has 1 heterocycles. The first-order valence-corrected chi connectivity index (χ1v) is 6.95. The molecule has 0 aromatic carbocycles. The van der Waals surface area contributed by atoms with E-state index in [0.29, 0.717) is 6.17 Å². The van der Waals surface area contributed by atoms with E-state index < -0.39 is 0 Å². The molecule has 0 saturated carbocycles. The van der Waals surface area contributed by atoms with E-state index in [1.807, 2.05) is 0 Å². The normalized spacial score (nSPS) is 19.8. The van der Waals surface area contributed by atoms with Crippen molar-refractivity contribution in [2.75, 3.05) is 13.6 Å². The van der Waals surface area contributed by atoms with Crippen molar-refractivity contribution >= 4 is 0 Å². The van der Waals surface area contributed by atoms with Crippen molar-refractivity contribution < 1.29 is 0 Å². The van der Waals surface area contributed by atoms with Crippen LogP contribution in [0.15, 0.2) is 12.4 Å². The first-order valence-electron chi connectivity index (χ1n) is 6.95. The third-order valence-corrected chi connectivity index (χ3v) is 3.48. The van der Waals surface area contributed by atoms with Gasteiger partial charge in [-0.25, -0.2) is 0 Å². The van der Waals surface area contributed by atoms with Crippen LogP contribution in [0, 0.1) is 0 Å². The number of unbranched alkanes of at least 4 members (excludes halogenated alkanes) is 5. The van der Waals surface area contributed by atoms with Crippen LogP contribution < -0.4 is 0 Å². The third-order valence-electron chi connectivity index (χ3n) is 3.48. The monoisotopic (exact) mass is 224 g/mol. The van der Waals surface area contributed by atoms with Gasteiger partial charge in [-0.1, -0.05) is 46.0 Å². The van der Waals surface area contributed by atoms with Gasteiger partial charge in [-0.3, -0.25) is 0 Å². The lowest BCUT2D eigenvalue weighted by Gasteiger charge is -2.29. The highest BCUT2D eigenvalue weighted by Gasteiger charge is 2.20. The fourth-order valence-electron chi connectivity index (χ4n) is 2.44. The maximum absolute atomic E-state index is 2.49. The second kappa shape index (κ2) is 7.59. The summed E-state index contributed by atoms with van der Waals surface area (Å²) in [5, 5.41) is 0. The van der Waals surface area contributed by atoms with E-state index >= 15 is 0 Å². The molecular weight excluding hydrogens is 196 g/mol. The molecule has 1 aliphatic heterocycles. The fourth-order valence-corrected chi connectivity index (χ4v) is 2.44. The summed E-state index contributed by atoms with van der Waals surface area (Å²) in [5.41, 5.74) is 0. The van der Waals surface area contributed by atoms with Crippen molar-refractivity contribution in [3.05, 3.63) is 12.4 Å². The molecule has 2 nitrogen and oxygen atoms in total. The molecule has 1 unspecified atom stereocenters. The number of rotatable bonds is 8. The van der Waals surface area contributed by atoms with E-state index in [9.17, 15) is 0 Å². The predicted octanol–water partition coefficient (Wildman–Crippen LogP) is 3.80. The van der Waals surface area contributed by atoms with E-state index in [1.165, 1.54) is 51.5 Å². The minimum absolute atomic E-state index is 0.607. The van der Waals surface area contributed by atoms with Gasteiger partial charge in [0.2, 0.25) is 0 Å². The maximum Gasteiger partial charge on any atom is 0.100 e. The van der Waals surface area contributed by atoms with Gasteiger partial charge in [-0.15, -0.1) is 0 Å². The minimum atomic E-state index is 0.607. The molecule has 1 aliphatic rings. The summed E-state index contributed by atoms with van der Waals surface area (Å²) in [7, 11) is 2.17. The van der Waals surface area contributed by atoms with Crippen LogP contribution in [-0.4, -0.2) is 29.6 Å². The van der Waals surface area contributed by atoms with E-state index in [2.05, 4.69) is 43.1 Å². The average Bonchev–Trinajstić information content (AvgIpc) is 2.64. The van der Waals surface area contributed by atoms with Gasteiger partial charge in [-0.05, 0) is 12.8 Å². The van der Waals surface area contributed by atoms with Gasteiger partial charge in [0.25, 0.3) is 0 Å². The lowest BCUT2D eigenvalue weighted by molar-refractivity contribution is 0.168. The topological polar surface area (TPSA) is 6.48 Å². The quantitative estimate of drug-likeness (QED) is 0.579. The fraction of sp³-hybridized carbons (Fsp3) is 0.857. The van der Waals surface area contributed by atoms with Crippen LogP contribution in [0.3, 0.4) is 0 Å². The molecular formula is C14H28N2. The molecule has 1 rings (SSSR count). The van der Waals surface area contributed by atoms with Crippen LogP contribution in [0.25, 0.3) is 0 Å². The first-order chi connectivity index (χ1) is 7.79. The van der Waals surface area contributed by atoms with Crippen LogP contribution in [0.5, 0.6) is 0 Å². The van der Waals surface area contributed by atoms with Gasteiger partial charge >= 0.3 is 0 Å². The highest BCUT2D eigenvalue weighted by Crippen LogP contribution is 2.17. The molecule has 0 aromatic rings. The lowest BCUT2D eigenvalue weighted by Crippen LogP contribution is -2.36. The Labute approximate surface area is 101 Å². The van der Waals surface area contributed by atoms with Gasteiger partial charge in [-0.2, -0.15) is 0 Å². The van der Waals surface area contributed by atoms with Crippen molar-refractivity contribution in [1.82, 2.24) is 9.80 Å². The van der Waals surface area contributed by atoms with E-state index in [4.69, 9.17) is 0 Å². The summed E-state index contributed by atoms with van der Waals surface area (Å²) in [6, 6.07) is 0. The molecule has 2 heteroatoms. The largest absolute Gasteiger partial charge is 0.359 e. The molecule has 0 N–H and O–H groups in total. The average molecular weight is 224 g/mol. The van der Waals surface area contributed by atoms with Crippen molar-refractivity contribution in [2.24, 2.45) is 0 Å². The van der Waals surface area contributed by atoms with Crippen molar-refractivity contribution in [3.63, 3.8) is 0 Å². The van der Waals surface area contributed by atoms with Crippen LogP contribution in [-0.2, 0) is 0 Å². The Hall–Kier alpha value is -0.660. The Morgan fingerprint density at radius 2 is 1.62 bits per heavy atom. The second-order valence-electron chi connectivity index (χ2n) is 4.86. The molecule has 0 fully saturated rings. The number of hydrogen-bond donors (Lipinski definition) is 0. The van der Waals surface area contributed by atoms with Crippen LogP contribution in [0.1, 0.15) is 58.8 Å². The molecule has 0 radical (unpaired) electrons. The van der Waals surface area contributed by atoms with Crippen molar-refractivity contribution in [2.45, 2.75) is 65.0 Å². The molecule has 0 aromatic heterocycles. The Kier molecular flexibility index (Phi) is 6.36. The molecule has 94 valence electrons. The summed E-state index contributed by atoms with van der Waals surface area (Å²) < 4.78 is 0. The predicted molar refractivity (Wildman–Crippen MR) is 71.1 cm³/mol. The van der Waals surface area contributed by atoms with E-state index in [1.54, 1.807) is 0 Å². The zero-order chi connectivity index (χ0) is 11.8. The molecule has 0 amide bonds. The third kappa shape index (κ3) is 4.07. The maximum atomic E-state index is 2.49. The zero-order valence-electron chi connectivity index (χ0n) is 11.3. The van der Waals surface area contributed by atoms with E-state index in [-0.39, 0.29) is 0 Å². The van der Waals surface area contributed by atoms with Gasteiger partial charge in [0, 0.05) is 26.0 Å². The summed E-state index contributed by atoms with van der Waals surface area (Å²) in [6.07, 6.45) is 14.6. The Bertz CT molecular complexity index is 201. The smallest absolute Gasteiger partial charge is 0.100 e. The SMILES string of the molecule is CCCCCCCCN1C=CN(C)C1CC. The van der Waals surface area contributed by atoms with Gasteiger partial charge in [0.1, 0.15) is 6.17 Å². The molecule has 0 saturated heterocycles. The summed E-state index contributed by atoms with van der Waals surface area (Å²) in [5.74, 6) is 0. The molecule has 1 atom stereocenters. The van der Waals surface area contributed by atoms with Crippen molar-refractivity contribution in [3.8, 4) is 0 Å². The summed E-state index contributed by atoms with van der Waals surface area (Å²) in [6.45, 7) is 5.77.